The summed E-state index contributed by atoms with van der Waals surface area (Å²) in [6.07, 6.45) is 5.78. The van der Waals surface area contributed by atoms with Crippen molar-refractivity contribution in [1.82, 2.24) is 4.57 Å². The SMILES string of the molecule is C=Cc1oc2ccc(-c3cc(C#N)c4oc5c(-n6c7ccccc7c7ccc(-c8ccccc8)cc76)cccc5c4c3)cc2c1/C=C\C. The highest BCUT2D eigenvalue weighted by atomic mass is 16.3. The number of fused-ring (bicyclic) bond motifs is 7. The molecule has 0 amide bonds. The predicted octanol–water partition coefficient (Wildman–Crippen LogP) is 12.3. The average Bonchev–Trinajstić information content (AvgIpc) is 3.80. The van der Waals surface area contributed by atoms with Crippen LogP contribution in [0.25, 0.3) is 94.8 Å². The predicted molar refractivity (Wildman–Crippen MR) is 198 cm³/mol. The third kappa shape index (κ3) is 4.08. The number of furan rings is 2. The Kier molecular flexibility index (Phi) is 6.21. The molecule has 3 heterocycles. The fourth-order valence-corrected chi connectivity index (χ4v) is 7.16. The second-order valence-corrected chi connectivity index (χ2v) is 12.0. The van der Waals surface area contributed by atoms with Gasteiger partial charge in [-0.15, -0.1) is 0 Å². The van der Waals surface area contributed by atoms with E-state index in [0.717, 1.165) is 77.6 Å². The molecule has 226 valence electrons. The third-order valence-electron chi connectivity index (χ3n) is 9.33. The molecule has 6 aromatic carbocycles. The normalized spacial score (nSPS) is 11.8. The quantitative estimate of drug-likeness (QED) is 0.193. The minimum atomic E-state index is 0.492. The molecule has 0 aliphatic heterocycles. The third-order valence-corrected chi connectivity index (χ3v) is 9.33. The molecular formula is C44H28N2O2. The number of nitriles is 1. The summed E-state index contributed by atoms with van der Waals surface area (Å²) in [7, 11) is 0. The van der Waals surface area contributed by atoms with Gasteiger partial charge >= 0.3 is 0 Å². The van der Waals surface area contributed by atoms with Crippen molar-refractivity contribution >= 4 is 66.9 Å². The molecule has 9 rings (SSSR count). The summed E-state index contributed by atoms with van der Waals surface area (Å²) in [4.78, 5) is 0. The maximum Gasteiger partial charge on any atom is 0.159 e. The maximum atomic E-state index is 10.4. The summed E-state index contributed by atoms with van der Waals surface area (Å²) < 4.78 is 15.0. The van der Waals surface area contributed by atoms with Crippen molar-refractivity contribution in [3.05, 3.63) is 151 Å². The first kappa shape index (κ1) is 27.7. The number of rotatable bonds is 5. The first-order valence-electron chi connectivity index (χ1n) is 16.0. The molecule has 0 saturated carbocycles. The largest absolute Gasteiger partial charge is 0.456 e. The Labute approximate surface area is 276 Å². The molecule has 0 unspecified atom stereocenters. The summed E-state index contributed by atoms with van der Waals surface area (Å²) in [5.74, 6) is 0.739. The van der Waals surface area contributed by atoms with Gasteiger partial charge in [0.15, 0.2) is 11.2 Å². The number of hydrogen-bond acceptors (Lipinski definition) is 3. The van der Waals surface area contributed by atoms with Crippen LogP contribution in [0.15, 0.2) is 143 Å². The van der Waals surface area contributed by atoms with Crippen LogP contribution >= 0.6 is 0 Å². The number of hydrogen-bond donors (Lipinski definition) is 0. The van der Waals surface area contributed by atoms with Crippen LogP contribution in [-0.4, -0.2) is 4.57 Å². The van der Waals surface area contributed by atoms with E-state index in [1.807, 2.05) is 43.3 Å². The lowest BCUT2D eigenvalue weighted by Gasteiger charge is -2.09. The maximum absolute atomic E-state index is 10.4. The van der Waals surface area contributed by atoms with E-state index in [9.17, 15) is 5.26 Å². The minimum absolute atomic E-state index is 0.492. The first-order valence-corrected chi connectivity index (χ1v) is 16.0. The van der Waals surface area contributed by atoms with Gasteiger partial charge in [0.2, 0.25) is 0 Å². The molecule has 0 radical (unpaired) electrons. The van der Waals surface area contributed by atoms with Crippen molar-refractivity contribution in [2.45, 2.75) is 6.92 Å². The molecule has 0 saturated heterocycles. The van der Waals surface area contributed by atoms with E-state index in [1.165, 1.54) is 10.8 Å². The van der Waals surface area contributed by atoms with E-state index >= 15 is 0 Å². The zero-order valence-corrected chi connectivity index (χ0v) is 26.2. The van der Waals surface area contributed by atoms with Gasteiger partial charge in [0.25, 0.3) is 0 Å². The van der Waals surface area contributed by atoms with Crippen LogP contribution in [0.1, 0.15) is 23.8 Å². The molecule has 0 aliphatic rings. The lowest BCUT2D eigenvalue weighted by Crippen LogP contribution is -1.94. The Morgan fingerprint density at radius 3 is 2.21 bits per heavy atom. The van der Waals surface area contributed by atoms with Gasteiger partial charge in [-0.3, -0.25) is 0 Å². The van der Waals surface area contributed by atoms with Crippen LogP contribution in [0.2, 0.25) is 0 Å². The molecule has 0 aliphatic carbocycles. The summed E-state index contributed by atoms with van der Waals surface area (Å²) in [5, 5.41) is 15.6. The minimum Gasteiger partial charge on any atom is -0.456 e. The van der Waals surface area contributed by atoms with Crippen molar-refractivity contribution in [3.8, 4) is 34.0 Å². The summed E-state index contributed by atoms with van der Waals surface area (Å²) >= 11 is 0. The van der Waals surface area contributed by atoms with E-state index in [-0.39, 0.29) is 0 Å². The summed E-state index contributed by atoms with van der Waals surface area (Å²) in [5.41, 5.74) is 11.0. The van der Waals surface area contributed by atoms with Crippen molar-refractivity contribution in [2.75, 3.05) is 0 Å². The lowest BCUT2D eigenvalue weighted by atomic mass is 9.97. The van der Waals surface area contributed by atoms with E-state index < -0.39 is 0 Å². The van der Waals surface area contributed by atoms with Gasteiger partial charge in [-0.1, -0.05) is 97.6 Å². The standard InChI is InChI=1S/C44H28N2O2/c1-3-11-34-36-23-28(19-21-42(36)47-41(34)4-2)30-22-31(26-45)43-37(24-30)35-15-10-17-39(44(35)48-43)46-38-16-9-8-14-32(38)33-20-18-29(25-40(33)46)27-12-6-5-7-13-27/h3-25H,2H2,1H3/b11-3-. The topological polar surface area (TPSA) is 55.0 Å². The van der Waals surface area contributed by atoms with Crippen molar-refractivity contribution in [1.29, 1.82) is 5.26 Å². The van der Waals surface area contributed by atoms with Gasteiger partial charge in [0.1, 0.15) is 17.4 Å². The van der Waals surface area contributed by atoms with Crippen molar-refractivity contribution in [3.63, 3.8) is 0 Å². The molecule has 4 heteroatoms. The van der Waals surface area contributed by atoms with Gasteiger partial charge in [0, 0.05) is 32.5 Å². The molecule has 9 aromatic rings. The van der Waals surface area contributed by atoms with Gasteiger partial charge in [-0.25, -0.2) is 0 Å². The second kappa shape index (κ2) is 10.8. The van der Waals surface area contributed by atoms with Crippen LogP contribution in [0.5, 0.6) is 0 Å². The molecule has 0 atom stereocenters. The first-order chi connectivity index (χ1) is 23.7. The van der Waals surface area contributed by atoms with E-state index in [4.69, 9.17) is 8.83 Å². The smallest absolute Gasteiger partial charge is 0.159 e. The number of allylic oxidation sites excluding steroid dienone is 1. The van der Waals surface area contributed by atoms with Crippen LogP contribution < -0.4 is 0 Å². The highest BCUT2D eigenvalue weighted by Crippen LogP contribution is 2.41. The Bertz CT molecular complexity index is 2820. The highest BCUT2D eigenvalue weighted by Gasteiger charge is 2.20. The number of aromatic nitrogens is 1. The van der Waals surface area contributed by atoms with Crippen LogP contribution in [0, 0.1) is 11.3 Å². The Morgan fingerprint density at radius 1 is 0.625 bits per heavy atom. The zero-order valence-electron chi connectivity index (χ0n) is 26.2. The molecule has 0 fully saturated rings. The molecule has 0 N–H and O–H groups in total. The van der Waals surface area contributed by atoms with Gasteiger partial charge < -0.3 is 13.4 Å². The van der Waals surface area contributed by atoms with Crippen LogP contribution in [0.4, 0.5) is 0 Å². The molecular weight excluding hydrogens is 588 g/mol. The fraction of sp³-hybridized carbons (Fsp3) is 0.0227. The number of benzene rings is 6. The highest BCUT2D eigenvalue weighted by molar-refractivity contribution is 6.14. The van der Waals surface area contributed by atoms with Crippen LogP contribution in [-0.2, 0) is 0 Å². The Balaban J connectivity index is 1.29. The molecule has 0 bridgehead atoms. The van der Waals surface area contributed by atoms with Gasteiger partial charge in [-0.05, 0) is 77.7 Å². The lowest BCUT2D eigenvalue weighted by molar-refractivity contribution is 0.603. The van der Waals surface area contributed by atoms with E-state index in [0.29, 0.717) is 11.1 Å². The number of nitrogens with zero attached hydrogens (tertiary/aromatic N) is 2. The molecule has 48 heavy (non-hydrogen) atoms. The van der Waals surface area contributed by atoms with E-state index in [2.05, 4.69) is 114 Å². The average molecular weight is 617 g/mol. The summed E-state index contributed by atoms with van der Waals surface area (Å²) in [6.45, 7) is 5.92. The molecule has 4 nitrogen and oxygen atoms in total. The molecule has 3 aromatic heterocycles. The van der Waals surface area contributed by atoms with Gasteiger partial charge in [0.05, 0.1) is 22.3 Å². The van der Waals surface area contributed by atoms with E-state index in [1.54, 1.807) is 6.08 Å². The Hall–Kier alpha value is -6.57. The van der Waals surface area contributed by atoms with Crippen LogP contribution in [0.3, 0.4) is 0 Å². The second-order valence-electron chi connectivity index (χ2n) is 12.0. The number of para-hydroxylation sites is 2. The molecule has 0 spiro atoms. The van der Waals surface area contributed by atoms with Crippen molar-refractivity contribution in [2.24, 2.45) is 0 Å². The van der Waals surface area contributed by atoms with Gasteiger partial charge in [-0.2, -0.15) is 5.26 Å². The Morgan fingerprint density at radius 2 is 1.38 bits per heavy atom. The monoisotopic (exact) mass is 616 g/mol. The fourth-order valence-electron chi connectivity index (χ4n) is 7.16. The summed E-state index contributed by atoms with van der Waals surface area (Å²) in [6, 6.07) is 44.5. The zero-order chi connectivity index (χ0) is 32.4. The van der Waals surface area contributed by atoms with Crippen molar-refractivity contribution < 1.29 is 8.83 Å².